The van der Waals surface area contributed by atoms with Crippen LogP contribution in [0.25, 0.3) is 0 Å². The molecule has 0 saturated carbocycles. The SMILES string of the molecule is Cc1ccc(NC(=O)C(C)Oc2ccc(C#N)cc2)c(O)c1. The zero-order valence-electron chi connectivity index (χ0n) is 12.3. The van der Waals surface area contributed by atoms with E-state index in [0.717, 1.165) is 5.56 Å². The van der Waals surface area contributed by atoms with Crippen molar-refractivity contribution in [1.29, 1.82) is 5.26 Å². The van der Waals surface area contributed by atoms with Gasteiger partial charge in [0.15, 0.2) is 6.10 Å². The number of aryl methyl sites for hydroxylation is 1. The molecule has 0 aromatic heterocycles. The first-order valence-electron chi connectivity index (χ1n) is 6.77. The third kappa shape index (κ3) is 3.76. The molecule has 2 aromatic carbocycles. The fraction of sp³-hybridized carbons (Fsp3) is 0.176. The minimum atomic E-state index is -0.742. The van der Waals surface area contributed by atoms with E-state index in [4.69, 9.17) is 10.00 Å². The number of hydrogen-bond donors (Lipinski definition) is 2. The average molecular weight is 296 g/mol. The van der Waals surface area contributed by atoms with E-state index in [1.165, 1.54) is 0 Å². The number of rotatable bonds is 4. The normalized spacial score (nSPS) is 11.3. The average Bonchev–Trinajstić information content (AvgIpc) is 2.50. The number of carbonyl (C=O) groups excluding carboxylic acids is 1. The summed E-state index contributed by atoms with van der Waals surface area (Å²) in [4.78, 5) is 12.1. The van der Waals surface area contributed by atoms with Gasteiger partial charge in [0.25, 0.3) is 5.91 Å². The van der Waals surface area contributed by atoms with E-state index >= 15 is 0 Å². The second kappa shape index (κ2) is 6.64. The van der Waals surface area contributed by atoms with Crippen LogP contribution in [0.3, 0.4) is 0 Å². The maximum absolute atomic E-state index is 12.1. The molecule has 22 heavy (non-hydrogen) atoms. The number of ether oxygens (including phenoxy) is 1. The highest BCUT2D eigenvalue weighted by Crippen LogP contribution is 2.24. The Kier molecular flexibility index (Phi) is 4.64. The number of amides is 1. The van der Waals surface area contributed by atoms with Gasteiger partial charge in [0, 0.05) is 0 Å². The molecule has 2 N–H and O–H groups in total. The predicted molar refractivity (Wildman–Crippen MR) is 82.7 cm³/mol. The molecule has 0 spiro atoms. The third-order valence-corrected chi connectivity index (χ3v) is 3.08. The molecule has 1 atom stereocenters. The first-order valence-corrected chi connectivity index (χ1v) is 6.77. The number of nitriles is 1. The van der Waals surface area contributed by atoms with Gasteiger partial charge in [-0.3, -0.25) is 4.79 Å². The highest BCUT2D eigenvalue weighted by Gasteiger charge is 2.16. The lowest BCUT2D eigenvalue weighted by atomic mass is 10.2. The zero-order chi connectivity index (χ0) is 16.1. The topological polar surface area (TPSA) is 82.3 Å². The van der Waals surface area contributed by atoms with E-state index in [1.807, 2.05) is 13.0 Å². The maximum atomic E-state index is 12.1. The van der Waals surface area contributed by atoms with Crippen molar-refractivity contribution in [3.63, 3.8) is 0 Å². The van der Waals surface area contributed by atoms with Gasteiger partial charge < -0.3 is 15.2 Å². The van der Waals surface area contributed by atoms with E-state index < -0.39 is 6.10 Å². The quantitative estimate of drug-likeness (QED) is 0.850. The lowest BCUT2D eigenvalue weighted by Gasteiger charge is -2.15. The lowest BCUT2D eigenvalue weighted by molar-refractivity contribution is -0.122. The molecular formula is C17H16N2O3. The van der Waals surface area contributed by atoms with Crippen LogP contribution in [0.1, 0.15) is 18.1 Å². The van der Waals surface area contributed by atoms with Crippen LogP contribution in [-0.2, 0) is 4.79 Å². The fourth-order valence-electron chi connectivity index (χ4n) is 1.85. The summed E-state index contributed by atoms with van der Waals surface area (Å²) in [6.45, 7) is 3.46. The molecule has 112 valence electrons. The Balaban J connectivity index is 2.01. The van der Waals surface area contributed by atoms with Crippen molar-refractivity contribution in [2.24, 2.45) is 0 Å². The summed E-state index contributed by atoms with van der Waals surface area (Å²) < 4.78 is 5.51. The van der Waals surface area contributed by atoms with E-state index in [0.29, 0.717) is 17.0 Å². The van der Waals surface area contributed by atoms with Crippen LogP contribution in [0.4, 0.5) is 5.69 Å². The Morgan fingerprint density at radius 2 is 1.95 bits per heavy atom. The van der Waals surface area contributed by atoms with E-state index in [1.54, 1.807) is 49.4 Å². The Hall–Kier alpha value is -3.00. The van der Waals surface area contributed by atoms with Crippen LogP contribution in [0.2, 0.25) is 0 Å². The third-order valence-electron chi connectivity index (χ3n) is 3.08. The molecule has 5 heteroatoms. The second-order valence-corrected chi connectivity index (χ2v) is 4.91. The summed E-state index contributed by atoms with van der Waals surface area (Å²) >= 11 is 0. The molecule has 0 aliphatic heterocycles. The van der Waals surface area contributed by atoms with Gasteiger partial charge in [-0.25, -0.2) is 0 Å². The highest BCUT2D eigenvalue weighted by molar-refractivity contribution is 5.95. The van der Waals surface area contributed by atoms with Crippen LogP contribution < -0.4 is 10.1 Å². The molecule has 1 amide bonds. The molecular weight excluding hydrogens is 280 g/mol. The number of carbonyl (C=O) groups is 1. The smallest absolute Gasteiger partial charge is 0.265 e. The van der Waals surface area contributed by atoms with Crippen LogP contribution in [0.5, 0.6) is 11.5 Å². The molecule has 0 aliphatic rings. The minimum Gasteiger partial charge on any atom is -0.506 e. The number of nitrogens with one attached hydrogen (secondary N) is 1. The standard InChI is InChI=1S/C17H16N2O3/c1-11-3-8-15(16(20)9-11)19-17(21)12(2)22-14-6-4-13(10-18)5-7-14/h3-9,12,20H,1-2H3,(H,19,21). The Morgan fingerprint density at radius 3 is 2.55 bits per heavy atom. The number of benzene rings is 2. The molecule has 5 nitrogen and oxygen atoms in total. The van der Waals surface area contributed by atoms with Gasteiger partial charge >= 0.3 is 0 Å². The molecule has 1 unspecified atom stereocenters. The predicted octanol–water partition coefficient (Wildman–Crippen LogP) is 2.98. The highest BCUT2D eigenvalue weighted by atomic mass is 16.5. The summed E-state index contributed by atoms with van der Waals surface area (Å²) in [6.07, 6.45) is -0.742. The number of hydrogen-bond acceptors (Lipinski definition) is 4. The number of anilines is 1. The van der Waals surface area contributed by atoms with Gasteiger partial charge in [-0.2, -0.15) is 5.26 Å². The van der Waals surface area contributed by atoms with Crippen molar-refractivity contribution in [2.75, 3.05) is 5.32 Å². The molecule has 2 rings (SSSR count). The van der Waals surface area contributed by atoms with Crippen LogP contribution in [0, 0.1) is 18.3 Å². The van der Waals surface area contributed by atoms with Crippen LogP contribution in [-0.4, -0.2) is 17.1 Å². The van der Waals surface area contributed by atoms with Gasteiger partial charge in [-0.05, 0) is 55.8 Å². The summed E-state index contributed by atoms with van der Waals surface area (Å²) in [5, 5.41) is 21.1. The summed E-state index contributed by atoms with van der Waals surface area (Å²) in [7, 11) is 0. The van der Waals surface area contributed by atoms with Gasteiger partial charge in [-0.15, -0.1) is 0 Å². The van der Waals surface area contributed by atoms with Gasteiger partial charge in [0.2, 0.25) is 0 Å². The van der Waals surface area contributed by atoms with Crippen molar-refractivity contribution in [3.05, 3.63) is 53.6 Å². The van der Waals surface area contributed by atoms with Gasteiger partial charge in [0.05, 0.1) is 17.3 Å². The molecule has 0 fully saturated rings. The van der Waals surface area contributed by atoms with Crippen molar-refractivity contribution in [1.82, 2.24) is 0 Å². The summed E-state index contributed by atoms with van der Waals surface area (Å²) in [6, 6.07) is 13.5. The number of nitrogens with zero attached hydrogens (tertiary/aromatic N) is 1. The molecule has 2 aromatic rings. The Morgan fingerprint density at radius 1 is 1.27 bits per heavy atom. The van der Waals surface area contributed by atoms with E-state index in [9.17, 15) is 9.90 Å². The first-order chi connectivity index (χ1) is 10.5. The van der Waals surface area contributed by atoms with Gasteiger partial charge in [-0.1, -0.05) is 6.07 Å². The van der Waals surface area contributed by atoms with E-state index in [2.05, 4.69) is 5.32 Å². The maximum Gasteiger partial charge on any atom is 0.265 e. The van der Waals surface area contributed by atoms with Crippen molar-refractivity contribution in [3.8, 4) is 17.6 Å². The monoisotopic (exact) mass is 296 g/mol. The first kappa shape index (κ1) is 15.4. The number of phenolic OH excluding ortho intramolecular Hbond substituents is 1. The number of phenols is 1. The van der Waals surface area contributed by atoms with Crippen molar-refractivity contribution in [2.45, 2.75) is 20.0 Å². The number of aromatic hydroxyl groups is 1. The molecule has 0 bridgehead atoms. The van der Waals surface area contributed by atoms with Crippen molar-refractivity contribution < 1.29 is 14.6 Å². The van der Waals surface area contributed by atoms with Crippen LogP contribution >= 0.6 is 0 Å². The Labute approximate surface area is 128 Å². The molecule has 0 saturated heterocycles. The molecule has 0 heterocycles. The van der Waals surface area contributed by atoms with E-state index in [-0.39, 0.29) is 11.7 Å². The lowest BCUT2D eigenvalue weighted by Crippen LogP contribution is -2.30. The Bertz CT molecular complexity index is 718. The van der Waals surface area contributed by atoms with Crippen LogP contribution in [0.15, 0.2) is 42.5 Å². The molecule has 0 radical (unpaired) electrons. The van der Waals surface area contributed by atoms with Gasteiger partial charge in [0.1, 0.15) is 11.5 Å². The summed E-state index contributed by atoms with van der Waals surface area (Å²) in [5.74, 6) is 0.136. The fourth-order valence-corrected chi connectivity index (χ4v) is 1.85. The van der Waals surface area contributed by atoms with Crippen molar-refractivity contribution >= 4 is 11.6 Å². The largest absolute Gasteiger partial charge is 0.506 e. The zero-order valence-corrected chi connectivity index (χ0v) is 12.3. The minimum absolute atomic E-state index is 0.0129. The summed E-state index contributed by atoms with van der Waals surface area (Å²) in [5.41, 5.74) is 1.76. The molecule has 0 aliphatic carbocycles. The second-order valence-electron chi connectivity index (χ2n) is 4.91.